The van der Waals surface area contributed by atoms with Gasteiger partial charge in [0.15, 0.2) is 23.9 Å². The molecule has 0 spiro atoms. The van der Waals surface area contributed by atoms with Crippen LogP contribution in [0, 0.1) is 0 Å². The molecule has 0 unspecified atom stereocenters. The van der Waals surface area contributed by atoms with Gasteiger partial charge in [-0.15, -0.1) is 0 Å². The van der Waals surface area contributed by atoms with E-state index < -0.39 is 11.9 Å². The van der Waals surface area contributed by atoms with Crippen molar-refractivity contribution in [2.24, 2.45) is 0 Å². The molecule has 0 saturated heterocycles. The number of esters is 1. The molecule has 142 valence electrons. The van der Waals surface area contributed by atoms with E-state index in [1.165, 1.54) is 14.0 Å². The Labute approximate surface area is 157 Å². The maximum atomic E-state index is 12.2. The van der Waals surface area contributed by atoms with E-state index in [-0.39, 0.29) is 24.6 Å². The summed E-state index contributed by atoms with van der Waals surface area (Å²) in [5.74, 6) is -0.396. The summed E-state index contributed by atoms with van der Waals surface area (Å²) in [6, 6.07) is 11.3. The number of carbonyl (C=O) groups is 3. The summed E-state index contributed by atoms with van der Waals surface area (Å²) in [5.41, 5.74) is 1.08. The standard InChI is InChI=1S/C20H21NO6/c1-4-26-20(24)15-7-5-6-8-16(15)21-19(23)12-27-17-10-9-14(13(2)22)11-18(17)25-3/h5-11H,4,12H2,1-3H3,(H,21,23). The quantitative estimate of drug-likeness (QED) is 0.566. The number of benzene rings is 2. The van der Waals surface area contributed by atoms with E-state index in [0.29, 0.717) is 22.7 Å². The number of rotatable bonds is 8. The SMILES string of the molecule is CCOC(=O)c1ccccc1NC(=O)COc1ccc(C(C)=O)cc1OC. The van der Waals surface area contributed by atoms with Crippen LogP contribution < -0.4 is 14.8 Å². The van der Waals surface area contributed by atoms with Crippen LogP contribution in [-0.2, 0) is 9.53 Å². The minimum atomic E-state index is -0.518. The van der Waals surface area contributed by atoms with Gasteiger partial charge in [-0.05, 0) is 44.2 Å². The number of nitrogens with one attached hydrogen (secondary N) is 1. The molecular formula is C20H21NO6. The molecule has 0 radical (unpaired) electrons. The molecule has 7 nitrogen and oxygen atoms in total. The van der Waals surface area contributed by atoms with Crippen LogP contribution in [0.1, 0.15) is 34.6 Å². The predicted octanol–water partition coefficient (Wildman–Crippen LogP) is 3.09. The second-order valence-electron chi connectivity index (χ2n) is 5.52. The van der Waals surface area contributed by atoms with Crippen molar-refractivity contribution >= 4 is 23.3 Å². The fourth-order valence-corrected chi connectivity index (χ4v) is 2.31. The van der Waals surface area contributed by atoms with Crippen molar-refractivity contribution in [3.8, 4) is 11.5 Å². The summed E-state index contributed by atoms with van der Waals surface area (Å²) in [7, 11) is 1.45. The van der Waals surface area contributed by atoms with E-state index >= 15 is 0 Å². The van der Waals surface area contributed by atoms with Gasteiger partial charge in [0, 0.05) is 5.56 Å². The lowest BCUT2D eigenvalue weighted by Gasteiger charge is -2.13. The van der Waals surface area contributed by atoms with Crippen LogP contribution in [0.3, 0.4) is 0 Å². The van der Waals surface area contributed by atoms with Gasteiger partial charge < -0.3 is 19.5 Å². The molecule has 1 N–H and O–H groups in total. The molecule has 7 heteroatoms. The molecule has 0 aromatic heterocycles. The fraction of sp³-hybridized carbons (Fsp3) is 0.250. The summed E-state index contributed by atoms with van der Waals surface area (Å²) >= 11 is 0. The van der Waals surface area contributed by atoms with Gasteiger partial charge in [0.05, 0.1) is 25.0 Å². The van der Waals surface area contributed by atoms with E-state index in [2.05, 4.69) is 5.32 Å². The lowest BCUT2D eigenvalue weighted by atomic mass is 10.1. The third-order valence-electron chi connectivity index (χ3n) is 3.63. The van der Waals surface area contributed by atoms with Crippen LogP contribution in [0.2, 0.25) is 0 Å². The predicted molar refractivity (Wildman–Crippen MR) is 99.5 cm³/mol. The van der Waals surface area contributed by atoms with Crippen LogP contribution in [0.4, 0.5) is 5.69 Å². The van der Waals surface area contributed by atoms with Gasteiger partial charge in [-0.1, -0.05) is 12.1 Å². The molecular weight excluding hydrogens is 350 g/mol. The number of amides is 1. The molecule has 2 rings (SSSR count). The fourth-order valence-electron chi connectivity index (χ4n) is 2.31. The Hall–Kier alpha value is -3.35. The number of hydrogen-bond acceptors (Lipinski definition) is 6. The Morgan fingerprint density at radius 2 is 1.78 bits per heavy atom. The van der Waals surface area contributed by atoms with Crippen LogP contribution >= 0.6 is 0 Å². The topological polar surface area (TPSA) is 90.9 Å². The normalized spacial score (nSPS) is 10.0. The lowest BCUT2D eigenvalue weighted by molar-refractivity contribution is -0.118. The van der Waals surface area contributed by atoms with Gasteiger partial charge >= 0.3 is 5.97 Å². The number of hydrogen-bond donors (Lipinski definition) is 1. The number of methoxy groups -OCH3 is 1. The monoisotopic (exact) mass is 371 g/mol. The lowest BCUT2D eigenvalue weighted by Crippen LogP contribution is -2.22. The maximum absolute atomic E-state index is 12.2. The van der Waals surface area contributed by atoms with Crippen molar-refractivity contribution < 1.29 is 28.6 Å². The van der Waals surface area contributed by atoms with Crippen molar-refractivity contribution in [3.63, 3.8) is 0 Å². The number of ketones is 1. The first-order valence-corrected chi connectivity index (χ1v) is 8.34. The smallest absolute Gasteiger partial charge is 0.340 e. The average Bonchev–Trinajstić information content (AvgIpc) is 2.66. The molecule has 2 aromatic rings. The van der Waals surface area contributed by atoms with E-state index in [4.69, 9.17) is 14.2 Å². The van der Waals surface area contributed by atoms with Crippen molar-refractivity contribution in [1.29, 1.82) is 0 Å². The highest BCUT2D eigenvalue weighted by Crippen LogP contribution is 2.28. The summed E-state index contributed by atoms with van der Waals surface area (Å²) < 4.78 is 15.6. The zero-order valence-electron chi connectivity index (χ0n) is 15.4. The van der Waals surface area contributed by atoms with E-state index in [1.807, 2.05) is 0 Å². The molecule has 2 aromatic carbocycles. The molecule has 0 aliphatic rings. The number of ether oxygens (including phenoxy) is 3. The molecule has 0 aliphatic carbocycles. The minimum absolute atomic E-state index is 0.104. The molecule has 0 atom stereocenters. The Bertz CT molecular complexity index is 846. The Kier molecular flexibility index (Phi) is 6.93. The second-order valence-corrected chi connectivity index (χ2v) is 5.52. The van der Waals surface area contributed by atoms with Crippen molar-refractivity contribution in [2.45, 2.75) is 13.8 Å². The Balaban J connectivity index is 2.05. The molecule has 0 heterocycles. The summed E-state index contributed by atoms with van der Waals surface area (Å²) in [6.45, 7) is 3.09. The van der Waals surface area contributed by atoms with Crippen LogP contribution in [0.15, 0.2) is 42.5 Å². The van der Waals surface area contributed by atoms with Gasteiger partial charge in [-0.25, -0.2) is 4.79 Å². The average molecular weight is 371 g/mol. The maximum Gasteiger partial charge on any atom is 0.340 e. The highest BCUT2D eigenvalue weighted by atomic mass is 16.5. The number of para-hydroxylation sites is 1. The Morgan fingerprint density at radius 3 is 2.44 bits per heavy atom. The van der Waals surface area contributed by atoms with Crippen LogP contribution in [0.25, 0.3) is 0 Å². The summed E-state index contributed by atoms with van der Waals surface area (Å²) in [5, 5.41) is 2.63. The number of Topliss-reactive ketones (excluding diaryl/α,β-unsaturated/α-hetero) is 1. The summed E-state index contributed by atoms with van der Waals surface area (Å²) in [4.78, 5) is 35.6. The highest BCUT2D eigenvalue weighted by Gasteiger charge is 2.15. The molecule has 0 fully saturated rings. The van der Waals surface area contributed by atoms with E-state index in [1.54, 1.807) is 49.4 Å². The number of carbonyl (C=O) groups excluding carboxylic acids is 3. The van der Waals surface area contributed by atoms with Gasteiger partial charge in [-0.2, -0.15) is 0 Å². The van der Waals surface area contributed by atoms with Gasteiger partial charge in [0.25, 0.3) is 5.91 Å². The third-order valence-corrected chi connectivity index (χ3v) is 3.63. The van der Waals surface area contributed by atoms with Crippen molar-refractivity contribution in [2.75, 3.05) is 25.6 Å². The second kappa shape index (κ2) is 9.38. The van der Waals surface area contributed by atoms with Crippen molar-refractivity contribution in [3.05, 3.63) is 53.6 Å². The third kappa shape index (κ3) is 5.31. The molecule has 1 amide bonds. The van der Waals surface area contributed by atoms with Crippen molar-refractivity contribution in [1.82, 2.24) is 0 Å². The van der Waals surface area contributed by atoms with Gasteiger partial charge in [-0.3, -0.25) is 9.59 Å². The van der Waals surface area contributed by atoms with Crippen LogP contribution in [-0.4, -0.2) is 38.0 Å². The molecule has 0 bridgehead atoms. The Morgan fingerprint density at radius 1 is 1.04 bits per heavy atom. The molecule has 0 aliphatic heterocycles. The zero-order valence-corrected chi connectivity index (χ0v) is 15.4. The first-order chi connectivity index (χ1) is 13.0. The minimum Gasteiger partial charge on any atom is -0.493 e. The highest BCUT2D eigenvalue weighted by molar-refractivity contribution is 6.01. The largest absolute Gasteiger partial charge is 0.493 e. The first-order valence-electron chi connectivity index (χ1n) is 8.34. The van der Waals surface area contributed by atoms with Gasteiger partial charge in [0.2, 0.25) is 0 Å². The van der Waals surface area contributed by atoms with E-state index in [0.717, 1.165) is 0 Å². The summed E-state index contributed by atoms with van der Waals surface area (Å²) in [6.07, 6.45) is 0. The van der Waals surface area contributed by atoms with Gasteiger partial charge in [0.1, 0.15) is 0 Å². The zero-order chi connectivity index (χ0) is 19.8. The molecule has 27 heavy (non-hydrogen) atoms. The van der Waals surface area contributed by atoms with Crippen LogP contribution in [0.5, 0.6) is 11.5 Å². The van der Waals surface area contributed by atoms with E-state index in [9.17, 15) is 14.4 Å². The first kappa shape index (κ1) is 20.0. The molecule has 0 saturated carbocycles. The number of anilines is 1.